The topological polar surface area (TPSA) is 87.8 Å². The van der Waals surface area contributed by atoms with Crippen LogP contribution in [0.25, 0.3) is 11.0 Å². The fourth-order valence-electron chi connectivity index (χ4n) is 2.67. The normalized spacial score (nSPS) is 12.0. The van der Waals surface area contributed by atoms with Crippen LogP contribution in [0, 0.1) is 6.92 Å². The Bertz CT molecular complexity index is 1040. The van der Waals surface area contributed by atoms with Crippen LogP contribution in [-0.4, -0.2) is 30.8 Å². The Morgan fingerprint density at radius 3 is 2.48 bits per heavy atom. The number of nitrogens with zero attached hydrogens (tertiary/aromatic N) is 1. The van der Waals surface area contributed by atoms with Gasteiger partial charge in [-0.2, -0.15) is 4.31 Å². The number of aryl methyl sites for hydroxylation is 1. The molecule has 1 N–H and O–H groups in total. The number of carbonyl (C=O) groups is 1. The zero-order valence-electron chi connectivity index (χ0n) is 13.8. The van der Waals surface area contributed by atoms with Gasteiger partial charge in [-0.05, 0) is 30.7 Å². The Kier molecular flexibility index (Phi) is 4.36. The van der Waals surface area contributed by atoms with Crippen molar-refractivity contribution in [2.75, 3.05) is 7.05 Å². The molecule has 2 aromatic carbocycles. The molecule has 0 radical (unpaired) electrons. The van der Waals surface area contributed by atoms with Crippen molar-refractivity contribution in [1.82, 2.24) is 4.31 Å². The summed E-state index contributed by atoms with van der Waals surface area (Å²) >= 11 is 0. The molecule has 0 amide bonds. The lowest BCUT2D eigenvalue weighted by atomic mass is 10.1. The molecular formula is C18H17NO5S. The first kappa shape index (κ1) is 17.2. The fraction of sp³-hybridized carbons (Fsp3) is 0.167. The van der Waals surface area contributed by atoms with Crippen LogP contribution < -0.4 is 0 Å². The molecular weight excluding hydrogens is 342 g/mol. The first-order chi connectivity index (χ1) is 11.8. The molecule has 0 unspecified atom stereocenters. The summed E-state index contributed by atoms with van der Waals surface area (Å²) in [4.78, 5) is 11.3. The van der Waals surface area contributed by atoms with Gasteiger partial charge in [0.2, 0.25) is 15.8 Å². The lowest BCUT2D eigenvalue weighted by Crippen LogP contribution is -2.26. The van der Waals surface area contributed by atoms with Crippen molar-refractivity contribution < 1.29 is 22.7 Å². The summed E-state index contributed by atoms with van der Waals surface area (Å²) in [6.45, 7) is 1.84. The van der Waals surface area contributed by atoms with E-state index in [-0.39, 0.29) is 17.2 Å². The van der Waals surface area contributed by atoms with E-state index < -0.39 is 16.0 Å². The van der Waals surface area contributed by atoms with Crippen LogP contribution in [0.1, 0.15) is 21.7 Å². The van der Waals surface area contributed by atoms with Crippen molar-refractivity contribution in [3.8, 4) is 0 Å². The molecule has 6 nitrogen and oxygen atoms in total. The molecule has 3 aromatic rings. The molecule has 0 aliphatic heterocycles. The molecule has 0 spiro atoms. The standard InChI is InChI=1S/C18H17NO5S/c1-12-15-10-14(8-9-16(15)24-17(12)18(20)21)25(22,23)19(2)11-13-6-4-3-5-7-13/h3-10H,11H2,1-2H3,(H,20,21). The lowest BCUT2D eigenvalue weighted by Gasteiger charge is -2.17. The van der Waals surface area contributed by atoms with Crippen LogP contribution in [0.15, 0.2) is 57.8 Å². The summed E-state index contributed by atoms with van der Waals surface area (Å²) < 4.78 is 32.2. The van der Waals surface area contributed by atoms with Crippen molar-refractivity contribution in [3.05, 3.63) is 65.4 Å². The van der Waals surface area contributed by atoms with Crippen LogP contribution in [0.2, 0.25) is 0 Å². The van der Waals surface area contributed by atoms with Crippen molar-refractivity contribution in [3.63, 3.8) is 0 Å². The van der Waals surface area contributed by atoms with Crippen molar-refractivity contribution in [2.24, 2.45) is 0 Å². The van der Waals surface area contributed by atoms with E-state index >= 15 is 0 Å². The van der Waals surface area contributed by atoms with E-state index in [1.165, 1.54) is 29.6 Å². The molecule has 1 aromatic heterocycles. The van der Waals surface area contributed by atoms with E-state index in [2.05, 4.69) is 0 Å². The van der Waals surface area contributed by atoms with Gasteiger partial charge in [-0.1, -0.05) is 30.3 Å². The summed E-state index contributed by atoms with van der Waals surface area (Å²) in [7, 11) is -2.20. The predicted molar refractivity (Wildman–Crippen MR) is 93.0 cm³/mol. The second kappa shape index (κ2) is 6.34. The smallest absolute Gasteiger partial charge is 0.372 e. The molecule has 130 valence electrons. The Balaban J connectivity index is 1.99. The van der Waals surface area contributed by atoms with Crippen LogP contribution in [0.5, 0.6) is 0 Å². The molecule has 0 saturated carbocycles. The van der Waals surface area contributed by atoms with Gasteiger partial charge in [-0.15, -0.1) is 0 Å². The van der Waals surface area contributed by atoms with Crippen LogP contribution >= 0.6 is 0 Å². The molecule has 0 aliphatic carbocycles. The minimum atomic E-state index is -3.71. The largest absolute Gasteiger partial charge is 0.475 e. The van der Waals surface area contributed by atoms with Crippen LogP contribution in [0.4, 0.5) is 0 Å². The average molecular weight is 359 g/mol. The Morgan fingerprint density at radius 1 is 1.16 bits per heavy atom. The Hall–Kier alpha value is -2.64. The van der Waals surface area contributed by atoms with E-state index in [4.69, 9.17) is 9.52 Å². The van der Waals surface area contributed by atoms with Gasteiger partial charge in [-0.25, -0.2) is 13.2 Å². The number of hydrogen-bond donors (Lipinski definition) is 1. The van der Waals surface area contributed by atoms with Gasteiger partial charge in [0.25, 0.3) is 0 Å². The Morgan fingerprint density at radius 2 is 1.84 bits per heavy atom. The van der Waals surface area contributed by atoms with Crippen molar-refractivity contribution in [1.29, 1.82) is 0 Å². The minimum Gasteiger partial charge on any atom is -0.475 e. The molecule has 3 rings (SSSR count). The number of carboxylic acid groups (broad SMARTS) is 1. The first-order valence-electron chi connectivity index (χ1n) is 7.57. The van der Waals surface area contributed by atoms with Crippen LogP contribution in [0.3, 0.4) is 0 Å². The van der Waals surface area contributed by atoms with Crippen molar-refractivity contribution >= 4 is 27.0 Å². The van der Waals surface area contributed by atoms with E-state index in [9.17, 15) is 13.2 Å². The van der Waals surface area contributed by atoms with Gasteiger partial charge in [0, 0.05) is 24.5 Å². The SMILES string of the molecule is Cc1c(C(=O)O)oc2ccc(S(=O)(=O)N(C)Cc3ccccc3)cc12. The second-order valence-corrected chi connectivity index (χ2v) is 7.81. The van der Waals surface area contributed by atoms with E-state index in [0.29, 0.717) is 16.5 Å². The second-order valence-electron chi connectivity index (χ2n) is 5.77. The van der Waals surface area contributed by atoms with E-state index in [1.807, 2.05) is 30.3 Å². The van der Waals surface area contributed by atoms with Crippen LogP contribution in [-0.2, 0) is 16.6 Å². The molecule has 0 fully saturated rings. The quantitative estimate of drug-likeness (QED) is 0.755. The number of fused-ring (bicyclic) bond motifs is 1. The highest BCUT2D eigenvalue weighted by Gasteiger charge is 2.23. The Labute approximate surface area is 145 Å². The van der Waals surface area contributed by atoms with Gasteiger partial charge >= 0.3 is 5.97 Å². The highest BCUT2D eigenvalue weighted by molar-refractivity contribution is 7.89. The molecule has 0 atom stereocenters. The lowest BCUT2D eigenvalue weighted by molar-refractivity contribution is 0.0664. The van der Waals surface area contributed by atoms with Gasteiger partial charge < -0.3 is 9.52 Å². The predicted octanol–water partition coefficient (Wildman–Crippen LogP) is 3.26. The third-order valence-corrected chi connectivity index (χ3v) is 5.86. The summed E-state index contributed by atoms with van der Waals surface area (Å²) in [6.07, 6.45) is 0. The molecule has 0 bridgehead atoms. The maximum absolute atomic E-state index is 12.8. The van der Waals surface area contributed by atoms with Crippen molar-refractivity contribution in [2.45, 2.75) is 18.4 Å². The monoisotopic (exact) mass is 359 g/mol. The maximum Gasteiger partial charge on any atom is 0.372 e. The van der Waals surface area contributed by atoms with Gasteiger partial charge in [0.1, 0.15) is 5.58 Å². The number of furan rings is 1. The zero-order chi connectivity index (χ0) is 18.2. The molecule has 0 saturated heterocycles. The number of benzene rings is 2. The maximum atomic E-state index is 12.8. The summed E-state index contributed by atoms with van der Waals surface area (Å²) in [6, 6.07) is 13.6. The summed E-state index contributed by atoms with van der Waals surface area (Å²) in [5, 5.41) is 9.61. The van der Waals surface area contributed by atoms with Gasteiger partial charge in [0.15, 0.2) is 0 Å². The molecule has 7 heteroatoms. The first-order valence-corrected chi connectivity index (χ1v) is 9.01. The molecule has 0 aliphatic rings. The minimum absolute atomic E-state index is 0.0965. The summed E-state index contributed by atoms with van der Waals surface area (Å²) in [5.41, 5.74) is 1.63. The zero-order valence-corrected chi connectivity index (χ0v) is 14.6. The van der Waals surface area contributed by atoms with E-state index in [1.54, 1.807) is 6.92 Å². The molecule has 25 heavy (non-hydrogen) atoms. The van der Waals surface area contributed by atoms with Gasteiger partial charge in [0.05, 0.1) is 4.90 Å². The molecule has 1 heterocycles. The van der Waals surface area contributed by atoms with E-state index in [0.717, 1.165) is 5.56 Å². The number of carboxylic acids is 1. The highest BCUT2D eigenvalue weighted by Crippen LogP contribution is 2.29. The number of rotatable bonds is 5. The summed E-state index contributed by atoms with van der Waals surface area (Å²) in [5.74, 6) is -1.36. The number of aromatic carboxylic acids is 1. The van der Waals surface area contributed by atoms with Gasteiger partial charge in [-0.3, -0.25) is 0 Å². The number of sulfonamides is 1. The third kappa shape index (κ3) is 3.16. The average Bonchev–Trinajstić information content (AvgIpc) is 2.92. The number of hydrogen-bond acceptors (Lipinski definition) is 4. The third-order valence-electron chi connectivity index (χ3n) is 4.06. The fourth-order valence-corrected chi connectivity index (χ4v) is 3.86. The highest BCUT2D eigenvalue weighted by atomic mass is 32.2.